The molecular weight excluding hydrogens is 558 g/mol. The fourth-order valence-corrected chi connectivity index (χ4v) is 6.78. The Hall–Kier alpha value is -6.12. The van der Waals surface area contributed by atoms with Crippen LogP contribution in [0.2, 0.25) is 0 Å². The summed E-state index contributed by atoms with van der Waals surface area (Å²) in [7, 11) is 0. The van der Waals surface area contributed by atoms with Gasteiger partial charge in [-0.2, -0.15) is 0 Å². The molecule has 0 fully saturated rings. The Labute approximate surface area is 267 Å². The first kappa shape index (κ1) is 26.3. The van der Waals surface area contributed by atoms with Gasteiger partial charge in [-0.15, -0.1) is 0 Å². The van der Waals surface area contributed by atoms with Gasteiger partial charge in [-0.25, -0.2) is 0 Å². The Balaban J connectivity index is 1.19. The van der Waals surface area contributed by atoms with E-state index >= 15 is 0 Å². The van der Waals surface area contributed by atoms with Crippen LogP contribution in [0.5, 0.6) is 0 Å². The molecule has 9 aromatic rings. The molecule has 0 spiro atoms. The molecule has 0 saturated heterocycles. The molecule has 216 valence electrons. The first-order chi connectivity index (χ1) is 22.8. The van der Waals surface area contributed by atoms with Crippen molar-refractivity contribution >= 4 is 60.3 Å². The zero-order chi connectivity index (χ0) is 30.5. The van der Waals surface area contributed by atoms with E-state index in [0.717, 1.165) is 39.4 Å². The average Bonchev–Trinajstić information content (AvgIpc) is 3.57. The van der Waals surface area contributed by atoms with E-state index in [2.05, 4.69) is 163 Å². The molecule has 0 aliphatic heterocycles. The van der Waals surface area contributed by atoms with Crippen molar-refractivity contribution in [2.24, 2.45) is 0 Å². The first-order valence-electron chi connectivity index (χ1n) is 15.7. The number of nitrogens with zero attached hydrogens (tertiary/aromatic N) is 1. The normalized spacial score (nSPS) is 11.5. The number of hydrogen-bond donors (Lipinski definition) is 0. The molecule has 0 atom stereocenters. The van der Waals surface area contributed by atoms with Crippen LogP contribution in [0.4, 0.5) is 17.1 Å². The molecule has 1 heterocycles. The zero-order valence-corrected chi connectivity index (χ0v) is 25.1. The maximum Gasteiger partial charge on any atom is 0.135 e. The largest absolute Gasteiger partial charge is 0.456 e. The Kier molecular flexibility index (Phi) is 6.17. The van der Waals surface area contributed by atoms with E-state index in [0.29, 0.717) is 0 Å². The van der Waals surface area contributed by atoms with Crippen molar-refractivity contribution in [1.29, 1.82) is 0 Å². The fourth-order valence-electron chi connectivity index (χ4n) is 6.78. The monoisotopic (exact) mass is 587 g/mol. The van der Waals surface area contributed by atoms with E-state index < -0.39 is 0 Å². The van der Waals surface area contributed by atoms with Crippen molar-refractivity contribution in [1.82, 2.24) is 0 Å². The molecule has 0 N–H and O–H groups in total. The van der Waals surface area contributed by atoms with Gasteiger partial charge < -0.3 is 9.32 Å². The van der Waals surface area contributed by atoms with Crippen molar-refractivity contribution < 1.29 is 4.42 Å². The summed E-state index contributed by atoms with van der Waals surface area (Å²) in [4.78, 5) is 2.34. The number of hydrogen-bond acceptors (Lipinski definition) is 2. The van der Waals surface area contributed by atoms with Crippen LogP contribution in [-0.4, -0.2) is 0 Å². The molecule has 2 heteroatoms. The van der Waals surface area contributed by atoms with E-state index in [1.54, 1.807) is 0 Å². The second-order valence-corrected chi connectivity index (χ2v) is 11.8. The van der Waals surface area contributed by atoms with Gasteiger partial charge in [-0.1, -0.05) is 127 Å². The van der Waals surface area contributed by atoms with Gasteiger partial charge in [0.1, 0.15) is 11.3 Å². The van der Waals surface area contributed by atoms with Crippen LogP contribution in [-0.2, 0) is 0 Å². The zero-order valence-electron chi connectivity index (χ0n) is 25.1. The van der Waals surface area contributed by atoms with Crippen LogP contribution in [0.25, 0.3) is 65.7 Å². The molecule has 8 aromatic carbocycles. The maximum atomic E-state index is 6.28. The lowest BCUT2D eigenvalue weighted by atomic mass is 9.98. The molecule has 0 aliphatic rings. The molecule has 46 heavy (non-hydrogen) atoms. The summed E-state index contributed by atoms with van der Waals surface area (Å²) < 4.78 is 6.28. The predicted molar refractivity (Wildman–Crippen MR) is 194 cm³/mol. The predicted octanol–water partition coefficient (Wildman–Crippen LogP) is 12.7. The minimum absolute atomic E-state index is 0.860. The third-order valence-electron chi connectivity index (χ3n) is 9.03. The second-order valence-electron chi connectivity index (χ2n) is 11.8. The molecule has 0 unspecified atom stereocenters. The third-order valence-corrected chi connectivity index (χ3v) is 9.03. The molecule has 0 radical (unpaired) electrons. The maximum absolute atomic E-state index is 6.28. The minimum atomic E-state index is 0.860. The number of fused-ring (bicyclic) bond motifs is 5. The smallest absolute Gasteiger partial charge is 0.135 e. The lowest BCUT2D eigenvalue weighted by Crippen LogP contribution is -2.10. The van der Waals surface area contributed by atoms with Crippen LogP contribution >= 0.6 is 0 Å². The minimum Gasteiger partial charge on any atom is -0.456 e. The van der Waals surface area contributed by atoms with Crippen LogP contribution in [0.15, 0.2) is 180 Å². The summed E-state index contributed by atoms with van der Waals surface area (Å²) in [5, 5.41) is 8.59. The number of anilines is 3. The lowest BCUT2D eigenvalue weighted by molar-refractivity contribution is 0.631. The van der Waals surface area contributed by atoms with E-state index in [-0.39, 0.29) is 0 Å². The number of furan rings is 1. The van der Waals surface area contributed by atoms with Crippen LogP contribution in [0.1, 0.15) is 0 Å². The standard InChI is InChI=1S/C44H29NO/c1-4-15-39-30(9-1)12-8-17-41(39)32-21-23-36(24-22-32)45(38-25-26-42-33(27-38)20-19-31-10-2-5-16-40(31)42)37-14-7-13-34(28-37)44-29-35-11-3-6-18-43(35)46-44/h1-29H. The van der Waals surface area contributed by atoms with Gasteiger partial charge in [0.15, 0.2) is 0 Å². The average molecular weight is 588 g/mol. The molecule has 0 aliphatic carbocycles. The van der Waals surface area contributed by atoms with Gasteiger partial charge in [0, 0.05) is 28.0 Å². The van der Waals surface area contributed by atoms with Crippen molar-refractivity contribution in [3.05, 3.63) is 176 Å². The van der Waals surface area contributed by atoms with E-state index in [1.807, 2.05) is 18.2 Å². The first-order valence-corrected chi connectivity index (χ1v) is 15.7. The fraction of sp³-hybridized carbons (Fsp3) is 0. The number of benzene rings is 8. The molecule has 9 rings (SSSR count). The van der Waals surface area contributed by atoms with Crippen LogP contribution in [0.3, 0.4) is 0 Å². The third kappa shape index (κ3) is 4.51. The van der Waals surface area contributed by atoms with Gasteiger partial charge in [0.2, 0.25) is 0 Å². The molecule has 0 bridgehead atoms. The van der Waals surface area contributed by atoms with Gasteiger partial charge in [0.05, 0.1) is 0 Å². The summed E-state index contributed by atoms with van der Waals surface area (Å²) in [5.41, 5.74) is 7.62. The summed E-state index contributed by atoms with van der Waals surface area (Å²) >= 11 is 0. The van der Waals surface area contributed by atoms with Crippen molar-refractivity contribution in [3.8, 4) is 22.5 Å². The van der Waals surface area contributed by atoms with Gasteiger partial charge >= 0.3 is 0 Å². The van der Waals surface area contributed by atoms with E-state index in [9.17, 15) is 0 Å². The summed E-state index contributed by atoms with van der Waals surface area (Å²) in [6, 6.07) is 62.8. The van der Waals surface area contributed by atoms with Crippen molar-refractivity contribution in [2.45, 2.75) is 0 Å². The van der Waals surface area contributed by atoms with Gasteiger partial charge in [0.25, 0.3) is 0 Å². The highest BCUT2D eigenvalue weighted by atomic mass is 16.3. The number of para-hydroxylation sites is 1. The highest BCUT2D eigenvalue weighted by Gasteiger charge is 2.16. The Bertz CT molecular complexity index is 2500. The molecular formula is C44H29NO. The topological polar surface area (TPSA) is 16.4 Å². The lowest BCUT2D eigenvalue weighted by Gasteiger charge is -2.26. The highest BCUT2D eigenvalue weighted by Crippen LogP contribution is 2.40. The van der Waals surface area contributed by atoms with E-state index in [4.69, 9.17) is 4.42 Å². The van der Waals surface area contributed by atoms with Gasteiger partial charge in [-0.3, -0.25) is 0 Å². The number of rotatable bonds is 5. The Morgan fingerprint density at radius 2 is 0.978 bits per heavy atom. The second kappa shape index (κ2) is 10.8. The van der Waals surface area contributed by atoms with E-state index in [1.165, 1.54) is 43.4 Å². The Morgan fingerprint density at radius 1 is 0.348 bits per heavy atom. The molecule has 1 aromatic heterocycles. The van der Waals surface area contributed by atoms with Gasteiger partial charge in [-0.05, 0) is 92.0 Å². The van der Waals surface area contributed by atoms with Crippen molar-refractivity contribution in [3.63, 3.8) is 0 Å². The molecule has 2 nitrogen and oxygen atoms in total. The summed E-state index contributed by atoms with van der Waals surface area (Å²) in [6.07, 6.45) is 0. The Morgan fingerprint density at radius 3 is 1.83 bits per heavy atom. The van der Waals surface area contributed by atoms with Crippen LogP contribution < -0.4 is 4.90 Å². The summed E-state index contributed by atoms with van der Waals surface area (Å²) in [6.45, 7) is 0. The van der Waals surface area contributed by atoms with Crippen molar-refractivity contribution in [2.75, 3.05) is 4.90 Å². The SMILES string of the molecule is c1cc(-c2cc3ccccc3o2)cc(N(c2ccc(-c3cccc4ccccc34)cc2)c2ccc3c(ccc4ccccc43)c2)c1. The summed E-state index contributed by atoms with van der Waals surface area (Å²) in [5.74, 6) is 0.860. The molecule has 0 saturated carbocycles. The highest BCUT2D eigenvalue weighted by molar-refractivity contribution is 6.08. The quantitative estimate of drug-likeness (QED) is 0.186. The van der Waals surface area contributed by atoms with Crippen LogP contribution in [0, 0.1) is 0 Å². The molecule has 0 amide bonds.